The highest BCUT2D eigenvalue weighted by Gasteiger charge is 2.04. The van der Waals surface area contributed by atoms with Gasteiger partial charge in [-0.05, 0) is 31.0 Å². The van der Waals surface area contributed by atoms with Gasteiger partial charge in [0, 0.05) is 6.04 Å². The Hall–Kier alpha value is -0.850. The van der Waals surface area contributed by atoms with Crippen LogP contribution in [0.1, 0.15) is 23.4 Å². The minimum atomic E-state index is 0.341. The number of rotatable bonds is 2. The third-order valence-corrected chi connectivity index (χ3v) is 2.52. The fraction of sp³-hybridized carbons (Fsp3) is 0.375. The first-order chi connectivity index (χ1) is 5.27. The van der Waals surface area contributed by atoms with Crippen molar-refractivity contribution in [2.24, 2.45) is 0 Å². The van der Waals surface area contributed by atoms with E-state index in [0.717, 1.165) is 4.88 Å². The van der Waals surface area contributed by atoms with Gasteiger partial charge in [0.15, 0.2) is 0 Å². The van der Waals surface area contributed by atoms with Crippen LogP contribution in [0.25, 0.3) is 0 Å². The lowest BCUT2D eigenvalue weighted by atomic mass is 10.2. The van der Waals surface area contributed by atoms with Gasteiger partial charge >= 0.3 is 0 Å². The van der Waals surface area contributed by atoms with E-state index in [1.165, 1.54) is 16.9 Å². The van der Waals surface area contributed by atoms with Crippen LogP contribution in [0.2, 0.25) is 0 Å². The Morgan fingerprint density at radius 3 is 2.91 bits per heavy atom. The van der Waals surface area contributed by atoms with Gasteiger partial charge in [0.2, 0.25) is 0 Å². The fourth-order valence-electron chi connectivity index (χ4n) is 0.803. The van der Waals surface area contributed by atoms with E-state index < -0.39 is 0 Å². The molecule has 3 heteroatoms. The van der Waals surface area contributed by atoms with Gasteiger partial charge in [-0.3, -0.25) is 0 Å². The van der Waals surface area contributed by atoms with Crippen molar-refractivity contribution < 1.29 is 0 Å². The average molecular weight is 166 g/mol. The molecule has 0 spiro atoms. The average Bonchev–Trinajstić information content (AvgIpc) is 2.50. The molecule has 11 heavy (non-hydrogen) atoms. The molecule has 0 radical (unpaired) electrons. The number of hydrogen-bond acceptors (Lipinski definition) is 3. The Bertz CT molecular complexity index is 272. The summed E-state index contributed by atoms with van der Waals surface area (Å²) in [6.45, 7) is 2.07. The van der Waals surface area contributed by atoms with Crippen molar-refractivity contribution in [3.8, 4) is 6.07 Å². The molecule has 0 aromatic carbocycles. The van der Waals surface area contributed by atoms with Crippen molar-refractivity contribution in [3.05, 3.63) is 21.9 Å². The Balaban J connectivity index is 2.82. The van der Waals surface area contributed by atoms with E-state index in [1.54, 1.807) is 0 Å². The number of nitrogens with one attached hydrogen (secondary N) is 1. The molecule has 0 amide bonds. The third-order valence-electron chi connectivity index (χ3n) is 1.66. The first-order valence-corrected chi connectivity index (χ1v) is 4.31. The van der Waals surface area contributed by atoms with Gasteiger partial charge in [-0.15, -0.1) is 11.3 Å². The molecule has 0 saturated heterocycles. The first kappa shape index (κ1) is 8.25. The maximum Gasteiger partial charge on any atom is 0.110 e. The summed E-state index contributed by atoms with van der Waals surface area (Å²) in [4.78, 5) is 0.780. The van der Waals surface area contributed by atoms with Crippen molar-refractivity contribution in [3.63, 3.8) is 0 Å². The Morgan fingerprint density at radius 1 is 1.73 bits per heavy atom. The number of nitriles is 1. The van der Waals surface area contributed by atoms with E-state index >= 15 is 0 Å². The Labute approximate surface area is 70.5 Å². The maximum absolute atomic E-state index is 8.55. The maximum atomic E-state index is 8.55. The predicted octanol–water partition coefficient (Wildman–Crippen LogP) is 1.90. The molecule has 0 aliphatic carbocycles. The van der Waals surface area contributed by atoms with Crippen LogP contribution in [0.4, 0.5) is 0 Å². The molecular weight excluding hydrogens is 156 g/mol. The molecule has 1 N–H and O–H groups in total. The summed E-state index contributed by atoms with van der Waals surface area (Å²) in [5.41, 5.74) is 1.19. The smallest absolute Gasteiger partial charge is 0.110 e. The van der Waals surface area contributed by atoms with Gasteiger partial charge in [-0.1, -0.05) is 0 Å². The van der Waals surface area contributed by atoms with Gasteiger partial charge in [0.05, 0.1) is 0 Å². The summed E-state index contributed by atoms with van der Waals surface area (Å²) in [6, 6.07) is 4.38. The summed E-state index contributed by atoms with van der Waals surface area (Å²) in [5, 5.41) is 13.7. The van der Waals surface area contributed by atoms with Crippen molar-refractivity contribution >= 4 is 11.3 Å². The zero-order chi connectivity index (χ0) is 8.27. The van der Waals surface area contributed by atoms with Crippen molar-refractivity contribution in [1.82, 2.24) is 5.32 Å². The molecule has 1 aromatic rings. The monoisotopic (exact) mass is 166 g/mol. The quantitative estimate of drug-likeness (QED) is 0.728. The molecule has 1 rings (SSSR count). The number of thiophene rings is 1. The van der Waals surface area contributed by atoms with Crippen molar-refractivity contribution in [2.75, 3.05) is 7.05 Å². The Kier molecular flexibility index (Phi) is 2.64. The van der Waals surface area contributed by atoms with E-state index in [4.69, 9.17) is 5.26 Å². The third kappa shape index (κ3) is 1.79. The van der Waals surface area contributed by atoms with Gasteiger partial charge < -0.3 is 5.32 Å². The van der Waals surface area contributed by atoms with Crippen LogP contribution in [0, 0.1) is 11.3 Å². The van der Waals surface area contributed by atoms with Crippen LogP contribution in [-0.2, 0) is 0 Å². The van der Waals surface area contributed by atoms with Crippen LogP contribution in [0.3, 0.4) is 0 Å². The van der Waals surface area contributed by atoms with Crippen LogP contribution < -0.4 is 5.32 Å². The molecule has 2 nitrogen and oxygen atoms in total. The highest BCUT2D eigenvalue weighted by atomic mass is 32.1. The number of hydrogen-bond donors (Lipinski definition) is 1. The Morgan fingerprint density at radius 2 is 2.45 bits per heavy atom. The molecule has 1 aromatic heterocycles. The van der Waals surface area contributed by atoms with Crippen LogP contribution in [0.15, 0.2) is 11.4 Å². The molecule has 1 atom stereocenters. The molecule has 0 bridgehead atoms. The predicted molar refractivity (Wildman–Crippen MR) is 46.5 cm³/mol. The molecule has 1 unspecified atom stereocenters. The molecule has 0 fully saturated rings. The molecule has 0 aliphatic rings. The van der Waals surface area contributed by atoms with Crippen LogP contribution in [0.5, 0.6) is 0 Å². The van der Waals surface area contributed by atoms with Crippen LogP contribution >= 0.6 is 11.3 Å². The normalized spacial score (nSPS) is 12.5. The lowest BCUT2D eigenvalue weighted by molar-refractivity contribution is 0.654. The highest BCUT2D eigenvalue weighted by molar-refractivity contribution is 7.10. The lowest BCUT2D eigenvalue weighted by Gasteiger charge is -2.05. The van der Waals surface area contributed by atoms with E-state index in [1.807, 2.05) is 18.5 Å². The summed E-state index contributed by atoms with van der Waals surface area (Å²) in [7, 11) is 1.91. The summed E-state index contributed by atoms with van der Waals surface area (Å²) >= 11 is 1.49. The molecular formula is C8H10N2S. The zero-order valence-corrected chi connectivity index (χ0v) is 7.40. The second-order valence-corrected chi connectivity index (χ2v) is 3.28. The topological polar surface area (TPSA) is 35.8 Å². The standard InChI is InChI=1S/C8H10N2S/c1-6(10-2)7-3-8(4-9)11-5-7/h3,5-6,10H,1-2H3. The SMILES string of the molecule is CNC(C)c1csc(C#N)c1. The van der Waals surface area contributed by atoms with Gasteiger partial charge in [-0.2, -0.15) is 5.26 Å². The lowest BCUT2D eigenvalue weighted by Crippen LogP contribution is -2.10. The van der Waals surface area contributed by atoms with Crippen molar-refractivity contribution in [2.45, 2.75) is 13.0 Å². The molecule has 58 valence electrons. The molecule has 0 saturated carbocycles. The van der Waals surface area contributed by atoms with Crippen molar-refractivity contribution in [1.29, 1.82) is 5.26 Å². The first-order valence-electron chi connectivity index (χ1n) is 3.43. The number of nitrogens with zero attached hydrogens (tertiary/aromatic N) is 1. The fourth-order valence-corrected chi connectivity index (χ4v) is 1.60. The van der Waals surface area contributed by atoms with Gasteiger partial charge in [-0.25, -0.2) is 0 Å². The minimum absolute atomic E-state index is 0.341. The second-order valence-electron chi connectivity index (χ2n) is 2.37. The molecule has 0 aliphatic heterocycles. The van der Waals surface area contributed by atoms with E-state index in [0.29, 0.717) is 6.04 Å². The summed E-state index contributed by atoms with van der Waals surface area (Å²) < 4.78 is 0. The van der Waals surface area contributed by atoms with E-state index in [2.05, 4.69) is 18.3 Å². The summed E-state index contributed by atoms with van der Waals surface area (Å²) in [5.74, 6) is 0. The zero-order valence-electron chi connectivity index (χ0n) is 6.59. The molecule has 1 heterocycles. The van der Waals surface area contributed by atoms with Gasteiger partial charge in [0.1, 0.15) is 10.9 Å². The van der Waals surface area contributed by atoms with E-state index in [-0.39, 0.29) is 0 Å². The largest absolute Gasteiger partial charge is 0.313 e. The van der Waals surface area contributed by atoms with E-state index in [9.17, 15) is 0 Å². The van der Waals surface area contributed by atoms with Crippen LogP contribution in [-0.4, -0.2) is 7.05 Å². The highest BCUT2D eigenvalue weighted by Crippen LogP contribution is 2.19. The summed E-state index contributed by atoms with van der Waals surface area (Å²) in [6.07, 6.45) is 0. The minimum Gasteiger partial charge on any atom is -0.313 e. The second kappa shape index (κ2) is 3.51. The van der Waals surface area contributed by atoms with Gasteiger partial charge in [0.25, 0.3) is 0 Å².